The lowest BCUT2D eigenvalue weighted by Gasteiger charge is -2.11. The lowest BCUT2D eigenvalue weighted by molar-refractivity contribution is 0.285. The molecule has 176 valence electrons. The average Bonchev–Trinajstić information content (AvgIpc) is 2.85. The molecule has 0 atom stereocenters. The van der Waals surface area contributed by atoms with Crippen molar-refractivity contribution in [2.24, 2.45) is 0 Å². The summed E-state index contributed by atoms with van der Waals surface area (Å²) in [5.41, 5.74) is 2.90. The van der Waals surface area contributed by atoms with Crippen LogP contribution >= 0.6 is 0 Å². The Morgan fingerprint density at radius 3 is 1.76 bits per heavy atom. The molecule has 0 spiro atoms. The van der Waals surface area contributed by atoms with E-state index in [1.54, 1.807) is 6.07 Å². The van der Waals surface area contributed by atoms with Crippen LogP contribution in [-0.2, 0) is 0 Å². The van der Waals surface area contributed by atoms with E-state index in [0.717, 1.165) is 55.6 Å². The summed E-state index contributed by atoms with van der Waals surface area (Å²) in [4.78, 5) is 0. The second-order valence-corrected chi connectivity index (χ2v) is 8.31. The van der Waals surface area contributed by atoms with Crippen LogP contribution in [0.3, 0.4) is 0 Å². The van der Waals surface area contributed by atoms with Gasteiger partial charge in [-0.1, -0.05) is 82.3 Å². The highest BCUT2D eigenvalue weighted by Crippen LogP contribution is 2.32. The zero-order valence-electron chi connectivity index (χ0n) is 19.7. The molecule has 33 heavy (non-hydrogen) atoms. The van der Waals surface area contributed by atoms with E-state index in [-0.39, 0.29) is 11.3 Å². The lowest BCUT2D eigenvalue weighted by Crippen LogP contribution is -2.01. The molecule has 0 N–H and O–H groups in total. The molecule has 0 aliphatic carbocycles. The molecule has 0 heterocycles. The van der Waals surface area contributed by atoms with Gasteiger partial charge in [-0.05, 0) is 53.8 Å². The van der Waals surface area contributed by atoms with Crippen molar-refractivity contribution in [3.05, 3.63) is 72.3 Å². The number of rotatable bonds is 13. The van der Waals surface area contributed by atoms with Crippen LogP contribution in [0.25, 0.3) is 22.3 Å². The number of benzene rings is 3. The minimum atomic E-state index is -0.929. The maximum absolute atomic E-state index is 14.7. The van der Waals surface area contributed by atoms with Gasteiger partial charge in [0.2, 0.25) is 5.82 Å². The highest BCUT2D eigenvalue weighted by Gasteiger charge is 2.16. The normalized spacial score (nSPS) is 10.9. The summed E-state index contributed by atoms with van der Waals surface area (Å²) in [5.74, 6) is -0.974. The third kappa shape index (κ3) is 7.05. The molecule has 0 aromatic heterocycles. The number of halogens is 2. The highest BCUT2D eigenvalue weighted by atomic mass is 19.2. The van der Waals surface area contributed by atoms with Gasteiger partial charge in [0.1, 0.15) is 5.75 Å². The van der Waals surface area contributed by atoms with Crippen molar-refractivity contribution in [3.8, 4) is 33.8 Å². The molecule has 3 aromatic rings. The Morgan fingerprint density at radius 2 is 1.09 bits per heavy atom. The van der Waals surface area contributed by atoms with Crippen molar-refractivity contribution in [3.63, 3.8) is 0 Å². The number of hydrogen-bond acceptors (Lipinski definition) is 2. The lowest BCUT2D eigenvalue weighted by atomic mass is 9.99. The van der Waals surface area contributed by atoms with Crippen molar-refractivity contribution in [2.45, 2.75) is 58.8 Å². The Balaban J connectivity index is 1.64. The van der Waals surface area contributed by atoms with Crippen LogP contribution in [0.1, 0.15) is 58.8 Å². The zero-order valence-corrected chi connectivity index (χ0v) is 19.7. The topological polar surface area (TPSA) is 18.5 Å². The Kier molecular flexibility index (Phi) is 9.74. The van der Waals surface area contributed by atoms with Crippen molar-refractivity contribution in [1.29, 1.82) is 0 Å². The fourth-order valence-electron chi connectivity index (χ4n) is 3.71. The van der Waals surface area contributed by atoms with Crippen LogP contribution < -0.4 is 9.47 Å². The van der Waals surface area contributed by atoms with Crippen molar-refractivity contribution in [1.82, 2.24) is 0 Å². The molecule has 0 saturated heterocycles. The Labute approximate surface area is 196 Å². The van der Waals surface area contributed by atoms with Gasteiger partial charge in [0.05, 0.1) is 13.2 Å². The summed E-state index contributed by atoms with van der Waals surface area (Å²) >= 11 is 0. The van der Waals surface area contributed by atoms with E-state index >= 15 is 0 Å². The van der Waals surface area contributed by atoms with Gasteiger partial charge in [-0.15, -0.1) is 0 Å². The molecular weight excluding hydrogens is 418 g/mol. The first-order valence-electron chi connectivity index (χ1n) is 12.1. The molecule has 4 heteroatoms. The summed E-state index contributed by atoms with van der Waals surface area (Å²) in [6, 6.07) is 18.5. The molecule has 0 bridgehead atoms. The third-order valence-corrected chi connectivity index (χ3v) is 5.70. The zero-order chi connectivity index (χ0) is 23.5. The first-order valence-corrected chi connectivity index (χ1v) is 12.1. The smallest absolute Gasteiger partial charge is 0.201 e. The van der Waals surface area contributed by atoms with E-state index in [1.807, 2.05) is 48.5 Å². The van der Waals surface area contributed by atoms with E-state index in [2.05, 4.69) is 13.8 Å². The van der Waals surface area contributed by atoms with Gasteiger partial charge in [-0.3, -0.25) is 0 Å². The fraction of sp³-hybridized carbons (Fsp3) is 0.379. The molecule has 0 fully saturated rings. The molecule has 0 aliphatic rings. The van der Waals surface area contributed by atoms with Crippen LogP contribution in [-0.4, -0.2) is 13.2 Å². The summed E-state index contributed by atoms with van der Waals surface area (Å²) in [6.07, 6.45) is 7.50. The van der Waals surface area contributed by atoms with Crippen LogP contribution in [0.2, 0.25) is 0 Å². The molecule has 0 aliphatic heterocycles. The first-order chi connectivity index (χ1) is 16.1. The summed E-state index contributed by atoms with van der Waals surface area (Å²) in [7, 11) is 0. The van der Waals surface area contributed by atoms with E-state index in [9.17, 15) is 8.78 Å². The molecule has 2 nitrogen and oxygen atoms in total. The predicted molar refractivity (Wildman–Crippen MR) is 132 cm³/mol. The highest BCUT2D eigenvalue weighted by molar-refractivity contribution is 5.71. The monoisotopic (exact) mass is 452 g/mol. The second-order valence-electron chi connectivity index (χ2n) is 8.31. The summed E-state index contributed by atoms with van der Waals surface area (Å²) in [5, 5.41) is 0. The van der Waals surface area contributed by atoms with Crippen molar-refractivity contribution in [2.75, 3.05) is 13.2 Å². The fourth-order valence-corrected chi connectivity index (χ4v) is 3.71. The van der Waals surface area contributed by atoms with Crippen molar-refractivity contribution < 1.29 is 18.3 Å². The minimum Gasteiger partial charge on any atom is -0.494 e. The number of hydrogen-bond donors (Lipinski definition) is 0. The third-order valence-electron chi connectivity index (χ3n) is 5.70. The standard InChI is InChI=1S/C29H34F2O2/c1-3-5-7-9-21-33-27-19-18-26(28(30)29(27)31)24-12-10-22(11-13-24)23-14-16-25(17-15-23)32-20-8-6-4-2/h10-19H,3-9,20-21H2,1-2H3. The van der Waals surface area contributed by atoms with Crippen LogP contribution in [0.15, 0.2) is 60.7 Å². The van der Waals surface area contributed by atoms with E-state index < -0.39 is 11.6 Å². The number of unbranched alkanes of at least 4 members (excludes halogenated alkanes) is 5. The maximum Gasteiger partial charge on any atom is 0.201 e. The Bertz CT molecular complexity index is 982. The SMILES string of the molecule is CCCCCCOc1ccc(-c2ccc(-c3ccc(OCCCCC)cc3)cc2)c(F)c1F. The number of ether oxygens (including phenoxy) is 2. The van der Waals surface area contributed by atoms with Gasteiger partial charge < -0.3 is 9.47 Å². The molecule has 0 amide bonds. The van der Waals surface area contributed by atoms with Crippen LogP contribution in [0.4, 0.5) is 8.78 Å². The first kappa shape index (κ1) is 24.8. The minimum absolute atomic E-state index is 0.0265. The van der Waals surface area contributed by atoms with E-state index in [4.69, 9.17) is 9.47 Å². The van der Waals surface area contributed by atoms with Gasteiger partial charge in [0.15, 0.2) is 11.6 Å². The van der Waals surface area contributed by atoms with Crippen LogP contribution in [0, 0.1) is 11.6 Å². The maximum atomic E-state index is 14.7. The molecule has 0 unspecified atom stereocenters. The van der Waals surface area contributed by atoms with Gasteiger partial charge in [0.25, 0.3) is 0 Å². The molecule has 3 aromatic carbocycles. The van der Waals surface area contributed by atoms with E-state index in [0.29, 0.717) is 12.2 Å². The van der Waals surface area contributed by atoms with Crippen molar-refractivity contribution >= 4 is 0 Å². The molecule has 3 rings (SSSR count). The van der Waals surface area contributed by atoms with Gasteiger partial charge in [-0.25, -0.2) is 4.39 Å². The predicted octanol–water partition coefficient (Wildman–Crippen LogP) is 8.83. The van der Waals surface area contributed by atoms with Gasteiger partial charge in [-0.2, -0.15) is 4.39 Å². The average molecular weight is 453 g/mol. The Hall–Kier alpha value is -2.88. The van der Waals surface area contributed by atoms with Gasteiger partial charge >= 0.3 is 0 Å². The van der Waals surface area contributed by atoms with Gasteiger partial charge in [0, 0.05) is 5.56 Å². The molecular formula is C29H34F2O2. The largest absolute Gasteiger partial charge is 0.494 e. The summed E-state index contributed by atoms with van der Waals surface area (Å²) < 4.78 is 40.5. The van der Waals surface area contributed by atoms with E-state index in [1.165, 1.54) is 18.9 Å². The quantitative estimate of drug-likeness (QED) is 0.241. The van der Waals surface area contributed by atoms with Crippen LogP contribution in [0.5, 0.6) is 11.5 Å². The second kappa shape index (κ2) is 13.0. The molecule has 0 saturated carbocycles. The summed E-state index contributed by atoms with van der Waals surface area (Å²) in [6.45, 7) is 5.42. The molecule has 0 radical (unpaired) electrons. The Morgan fingerprint density at radius 1 is 0.545 bits per heavy atom.